The standard InChI is InChI=1S/C14H25BrN2/c1-5-14(6-2)17-8-7-13(16-17)9-12(10-15)11(3)4/h7-8,11-12,14H,5-6,9-10H2,1-4H3. The summed E-state index contributed by atoms with van der Waals surface area (Å²) in [6.07, 6.45) is 5.53. The molecule has 1 heterocycles. The molecule has 0 amide bonds. The molecule has 1 aromatic rings. The van der Waals surface area contributed by atoms with Crippen LogP contribution in [-0.4, -0.2) is 15.1 Å². The van der Waals surface area contributed by atoms with Gasteiger partial charge in [0.2, 0.25) is 0 Å². The molecule has 1 unspecified atom stereocenters. The van der Waals surface area contributed by atoms with Gasteiger partial charge < -0.3 is 0 Å². The van der Waals surface area contributed by atoms with E-state index in [1.807, 2.05) is 0 Å². The van der Waals surface area contributed by atoms with Gasteiger partial charge in [-0.1, -0.05) is 43.6 Å². The molecular weight excluding hydrogens is 276 g/mol. The molecule has 0 fully saturated rings. The Kier molecular flexibility index (Phi) is 6.24. The van der Waals surface area contributed by atoms with E-state index in [0.717, 1.165) is 24.6 Å². The van der Waals surface area contributed by atoms with Gasteiger partial charge in [0.1, 0.15) is 0 Å². The predicted octanol–water partition coefficient (Wildman–Crippen LogP) is 4.45. The molecule has 0 spiro atoms. The summed E-state index contributed by atoms with van der Waals surface area (Å²) < 4.78 is 2.14. The summed E-state index contributed by atoms with van der Waals surface area (Å²) in [5, 5.41) is 5.78. The highest BCUT2D eigenvalue weighted by atomic mass is 79.9. The molecule has 1 rings (SSSR count). The molecule has 0 N–H and O–H groups in total. The molecule has 0 aliphatic heterocycles. The molecule has 2 nitrogen and oxygen atoms in total. The maximum Gasteiger partial charge on any atom is 0.0627 e. The van der Waals surface area contributed by atoms with Crippen LogP contribution in [0.4, 0.5) is 0 Å². The van der Waals surface area contributed by atoms with Crippen LogP contribution in [0.5, 0.6) is 0 Å². The lowest BCUT2D eigenvalue weighted by Crippen LogP contribution is -2.14. The Morgan fingerprint density at radius 1 is 1.29 bits per heavy atom. The summed E-state index contributed by atoms with van der Waals surface area (Å²) in [6, 6.07) is 2.74. The van der Waals surface area contributed by atoms with Crippen molar-refractivity contribution in [3.63, 3.8) is 0 Å². The van der Waals surface area contributed by atoms with Crippen LogP contribution in [0.15, 0.2) is 12.3 Å². The SMILES string of the molecule is CCC(CC)n1ccc(CC(CBr)C(C)C)n1. The van der Waals surface area contributed by atoms with Crippen LogP contribution in [0.25, 0.3) is 0 Å². The van der Waals surface area contributed by atoms with Gasteiger partial charge in [0.05, 0.1) is 11.7 Å². The van der Waals surface area contributed by atoms with Crippen molar-refractivity contribution in [3.8, 4) is 0 Å². The summed E-state index contributed by atoms with van der Waals surface area (Å²) in [7, 11) is 0. The third kappa shape index (κ3) is 4.13. The number of aromatic nitrogens is 2. The van der Waals surface area contributed by atoms with Gasteiger partial charge in [0.25, 0.3) is 0 Å². The van der Waals surface area contributed by atoms with E-state index in [4.69, 9.17) is 5.10 Å². The van der Waals surface area contributed by atoms with E-state index in [-0.39, 0.29) is 0 Å². The second-order valence-corrected chi connectivity index (χ2v) is 5.77. The number of alkyl halides is 1. The number of nitrogens with zero attached hydrogens (tertiary/aromatic N) is 2. The smallest absolute Gasteiger partial charge is 0.0627 e. The van der Waals surface area contributed by atoms with Gasteiger partial charge >= 0.3 is 0 Å². The van der Waals surface area contributed by atoms with Gasteiger partial charge in [0, 0.05) is 11.5 Å². The zero-order valence-electron chi connectivity index (χ0n) is 11.5. The topological polar surface area (TPSA) is 17.8 Å². The van der Waals surface area contributed by atoms with Crippen molar-refractivity contribution in [1.29, 1.82) is 0 Å². The molecule has 0 saturated carbocycles. The summed E-state index contributed by atoms with van der Waals surface area (Å²) in [5.41, 5.74) is 1.23. The number of rotatable bonds is 7. The first-order valence-electron chi connectivity index (χ1n) is 6.72. The summed E-state index contributed by atoms with van der Waals surface area (Å²) >= 11 is 3.60. The van der Waals surface area contributed by atoms with Crippen molar-refractivity contribution in [2.75, 3.05) is 5.33 Å². The van der Waals surface area contributed by atoms with E-state index in [1.165, 1.54) is 5.69 Å². The molecule has 3 heteroatoms. The van der Waals surface area contributed by atoms with Crippen molar-refractivity contribution in [2.45, 2.75) is 53.0 Å². The Labute approximate surface area is 114 Å². The molecule has 0 radical (unpaired) electrons. The summed E-state index contributed by atoms with van der Waals surface area (Å²) in [4.78, 5) is 0. The number of hydrogen-bond donors (Lipinski definition) is 0. The molecule has 17 heavy (non-hydrogen) atoms. The Hall–Kier alpha value is -0.310. The van der Waals surface area contributed by atoms with E-state index in [2.05, 4.69) is 60.6 Å². The van der Waals surface area contributed by atoms with Crippen molar-refractivity contribution in [2.24, 2.45) is 11.8 Å². The molecule has 98 valence electrons. The molecule has 0 aromatic carbocycles. The van der Waals surface area contributed by atoms with Crippen molar-refractivity contribution in [1.82, 2.24) is 9.78 Å². The Morgan fingerprint density at radius 2 is 1.94 bits per heavy atom. The van der Waals surface area contributed by atoms with E-state index in [9.17, 15) is 0 Å². The van der Waals surface area contributed by atoms with Crippen LogP contribution in [-0.2, 0) is 6.42 Å². The third-order valence-electron chi connectivity index (χ3n) is 3.59. The Balaban J connectivity index is 2.67. The molecule has 0 aliphatic rings. The fraction of sp³-hybridized carbons (Fsp3) is 0.786. The lowest BCUT2D eigenvalue weighted by molar-refractivity contribution is 0.404. The highest BCUT2D eigenvalue weighted by Crippen LogP contribution is 2.20. The van der Waals surface area contributed by atoms with Crippen LogP contribution < -0.4 is 0 Å². The minimum absolute atomic E-state index is 0.560. The van der Waals surface area contributed by atoms with Crippen LogP contribution in [0.3, 0.4) is 0 Å². The second-order valence-electron chi connectivity index (χ2n) is 5.12. The summed E-state index contributed by atoms with van der Waals surface area (Å²) in [6.45, 7) is 9.02. The van der Waals surface area contributed by atoms with Crippen molar-refractivity contribution >= 4 is 15.9 Å². The molecule has 0 bridgehead atoms. The molecule has 1 atom stereocenters. The van der Waals surface area contributed by atoms with E-state index < -0.39 is 0 Å². The van der Waals surface area contributed by atoms with Crippen LogP contribution in [0.1, 0.15) is 52.3 Å². The monoisotopic (exact) mass is 300 g/mol. The highest BCUT2D eigenvalue weighted by Gasteiger charge is 2.15. The van der Waals surface area contributed by atoms with Gasteiger partial charge in [-0.3, -0.25) is 4.68 Å². The lowest BCUT2D eigenvalue weighted by atomic mass is 9.93. The van der Waals surface area contributed by atoms with Gasteiger partial charge in [-0.05, 0) is 37.2 Å². The quantitative estimate of drug-likeness (QED) is 0.680. The largest absolute Gasteiger partial charge is 0.269 e. The summed E-state index contributed by atoms with van der Waals surface area (Å²) in [5.74, 6) is 1.38. The van der Waals surface area contributed by atoms with E-state index in [1.54, 1.807) is 0 Å². The van der Waals surface area contributed by atoms with Crippen molar-refractivity contribution in [3.05, 3.63) is 18.0 Å². The maximum absolute atomic E-state index is 4.72. The van der Waals surface area contributed by atoms with Crippen molar-refractivity contribution < 1.29 is 0 Å². The Morgan fingerprint density at radius 3 is 2.41 bits per heavy atom. The van der Waals surface area contributed by atoms with Gasteiger partial charge in [-0.15, -0.1) is 0 Å². The molecular formula is C14H25BrN2. The van der Waals surface area contributed by atoms with Crippen LogP contribution >= 0.6 is 15.9 Å². The van der Waals surface area contributed by atoms with Gasteiger partial charge in [-0.2, -0.15) is 5.10 Å². The first-order valence-corrected chi connectivity index (χ1v) is 7.84. The first kappa shape index (κ1) is 14.7. The third-order valence-corrected chi connectivity index (χ3v) is 4.42. The lowest BCUT2D eigenvalue weighted by Gasteiger charge is -2.17. The first-order chi connectivity index (χ1) is 8.12. The number of halogens is 1. The minimum atomic E-state index is 0.560. The second kappa shape index (κ2) is 7.20. The molecule has 0 saturated heterocycles. The van der Waals surface area contributed by atoms with E-state index >= 15 is 0 Å². The average Bonchev–Trinajstić information content (AvgIpc) is 2.76. The molecule has 0 aliphatic carbocycles. The zero-order chi connectivity index (χ0) is 12.8. The van der Waals surface area contributed by atoms with Crippen LogP contribution in [0, 0.1) is 11.8 Å². The predicted molar refractivity (Wildman–Crippen MR) is 77.7 cm³/mol. The van der Waals surface area contributed by atoms with Gasteiger partial charge in [0.15, 0.2) is 0 Å². The Bertz CT molecular complexity index is 316. The molecule has 1 aromatic heterocycles. The van der Waals surface area contributed by atoms with Gasteiger partial charge in [-0.25, -0.2) is 0 Å². The fourth-order valence-electron chi connectivity index (χ4n) is 2.09. The average molecular weight is 301 g/mol. The fourth-order valence-corrected chi connectivity index (χ4v) is 3.07. The maximum atomic E-state index is 4.72. The normalized spacial score (nSPS) is 13.6. The van der Waals surface area contributed by atoms with Crippen LogP contribution in [0.2, 0.25) is 0 Å². The van der Waals surface area contributed by atoms with E-state index in [0.29, 0.717) is 17.9 Å². The highest BCUT2D eigenvalue weighted by molar-refractivity contribution is 9.09. The number of hydrogen-bond acceptors (Lipinski definition) is 1. The zero-order valence-corrected chi connectivity index (χ0v) is 13.1. The minimum Gasteiger partial charge on any atom is -0.269 e.